The third kappa shape index (κ3) is 2.63. The Labute approximate surface area is 96.3 Å². The van der Waals surface area contributed by atoms with Crippen molar-refractivity contribution in [2.24, 2.45) is 0 Å². The summed E-state index contributed by atoms with van der Waals surface area (Å²) in [6, 6.07) is 0.0463. The molecule has 5 nitrogen and oxygen atoms in total. The summed E-state index contributed by atoms with van der Waals surface area (Å²) in [6.07, 6.45) is -8.50. The van der Waals surface area contributed by atoms with Gasteiger partial charge in [-0.2, -0.15) is 13.2 Å². The average Bonchev–Trinajstić information content (AvgIpc) is 2.25. The highest BCUT2D eigenvalue weighted by Gasteiger charge is 2.38. The normalized spacial score (nSPS) is 11.7. The minimum absolute atomic E-state index is 0.0463. The Balaban J connectivity index is 3.59. The number of hydrogen-bond donors (Lipinski definition) is 0. The van der Waals surface area contributed by atoms with E-state index < -0.39 is 40.3 Å². The Morgan fingerprint density at radius 3 is 2.33 bits per heavy atom. The molecule has 0 aliphatic carbocycles. The highest BCUT2D eigenvalue weighted by Crippen LogP contribution is 2.39. The van der Waals surface area contributed by atoms with Crippen molar-refractivity contribution in [2.75, 3.05) is 7.11 Å². The van der Waals surface area contributed by atoms with Crippen molar-refractivity contribution >= 4 is 5.69 Å². The first-order valence-corrected chi connectivity index (χ1v) is 4.27. The van der Waals surface area contributed by atoms with Gasteiger partial charge >= 0.3 is 11.9 Å². The molecule has 0 bridgehead atoms. The molecule has 0 spiro atoms. The van der Waals surface area contributed by atoms with E-state index in [1.807, 2.05) is 0 Å². The zero-order chi connectivity index (χ0) is 14.1. The summed E-state index contributed by atoms with van der Waals surface area (Å²) in [4.78, 5) is 11.9. The summed E-state index contributed by atoms with van der Waals surface area (Å²) in [5.74, 6) is -0.983. The molecule has 0 aliphatic rings. The fourth-order valence-corrected chi connectivity index (χ4v) is 1.18. The minimum atomic E-state index is -5.07. The van der Waals surface area contributed by atoms with E-state index in [0.717, 1.165) is 7.11 Å². The van der Waals surface area contributed by atoms with Gasteiger partial charge in [0.05, 0.1) is 18.1 Å². The van der Waals surface area contributed by atoms with Crippen molar-refractivity contribution < 1.29 is 31.6 Å². The standard InChI is InChI=1S/C8H5F5N2O3/c1-18-6-3(15(16)17)2-4(8(11,12)13)14-5(6)7(9)10/h2,7H,1H3. The Hall–Kier alpha value is -2.00. The van der Waals surface area contributed by atoms with Gasteiger partial charge < -0.3 is 4.74 Å². The van der Waals surface area contributed by atoms with E-state index in [1.54, 1.807) is 0 Å². The molecule has 100 valence electrons. The van der Waals surface area contributed by atoms with Crippen LogP contribution in [0.2, 0.25) is 0 Å². The fourth-order valence-electron chi connectivity index (χ4n) is 1.18. The molecule has 0 atom stereocenters. The molecular formula is C8H5F5N2O3. The predicted octanol–water partition coefficient (Wildman–Crippen LogP) is 2.95. The van der Waals surface area contributed by atoms with Gasteiger partial charge in [0.1, 0.15) is 0 Å². The molecule has 0 aliphatic heterocycles. The van der Waals surface area contributed by atoms with E-state index in [1.165, 1.54) is 0 Å². The smallest absolute Gasteiger partial charge is 0.433 e. The van der Waals surface area contributed by atoms with Gasteiger partial charge in [-0.1, -0.05) is 0 Å². The van der Waals surface area contributed by atoms with Crippen LogP contribution in [0, 0.1) is 10.1 Å². The Bertz CT molecular complexity index is 475. The van der Waals surface area contributed by atoms with Gasteiger partial charge in [-0.05, 0) is 0 Å². The van der Waals surface area contributed by atoms with Gasteiger partial charge in [-0.15, -0.1) is 0 Å². The van der Waals surface area contributed by atoms with Gasteiger partial charge in [0.2, 0.25) is 5.75 Å². The van der Waals surface area contributed by atoms with E-state index in [-0.39, 0.29) is 6.07 Å². The maximum atomic E-state index is 12.5. The van der Waals surface area contributed by atoms with Gasteiger partial charge in [0, 0.05) is 0 Å². The number of ether oxygens (including phenoxy) is 1. The minimum Gasteiger partial charge on any atom is -0.489 e. The van der Waals surface area contributed by atoms with Crippen LogP contribution in [0.3, 0.4) is 0 Å². The molecule has 1 aromatic rings. The summed E-state index contributed by atoms with van der Waals surface area (Å²) in [7, 11) is 0.823. The maximum absolute atomic E-state index is 12.5. The maximum Gasteiger partial charge on any atom is 0.433 e. The number of pyridine rings is 1. The number of alkyl halides is 5. The predicted molar refractivity (Wildman–Crippen MR) is 47.4 cm³/mol. The van der Waals surface area contributed by atoms with Crippen LogP contribution in [-0.2, 0) is 6.18 Å². The SMILES string of the molecule is COc1c([N+](=O)[O-])cc(C(F)(F)F)nc1C(F)F. The average molecular weight is 272 g/mol. The highest BCUT2D eigenvalue weighted by atomic mass is 19.4. The number of methoxy groups -OCH3 is 1. The zero-order valence-electron chi connectivity index (χ0n) is 8.66. The summed E-state index contributed by atoms with van der Waals surface area (Å²) in [5.41, 5.74) is -4.40. The van der Waals surface area contributed by atoms with Crippen molar-refractivity contribution in [3.63, 3.8) is 0 Å². The van der Waals surface area contributed by atoms with Gasteiger partial charge in [-0.25, -0.2) is 13.8 Å². The molecule has 10 heteroatoms. The molecule has 0 radical (unpaired) electrons. The Morgan fingerprint density at radius 1 is 1.44 bits per heavy atom. The van der Waals surface area contributed by atoms with E-state index in [2.05, 4.69) is 9.72 Å². The van der Waals surface area contributed by atoms with Crippen LogP contribution < -0.4 is 4.74 Å². The lowest BCUT2D eigenvalue weighted by Crippen LogP contribution is -2.12. The molecule has 0 saturated heterocycles. The number of aromatic nitrogens is 1. The van der Waals surface area contributed by atoms with Crippen molar-refractivity contribution in [1.29, 1.82) is 0 Å². The summed E-state index contributed by atoms with van der Waals surface area (Å²) in [6.45, 7) is 0. The number of rotatable bonds is 3. The molecule has 1 aromatic heterocycles. The van der Waals surface area contributed by atoms with Crippen molar-refractivity contribution in [3.05, 3.63) is 27.6 Å². The van der Waals surface area contributed by atoms with Crippen LogP contribution in [0.4, 0.5) is 27.6 Å². The van der Waals surface area contributed by atoms with E-state index in [0.29, 0.717) is 0 Å². The molecule has 0 unspecified atom stereocenters. The van der Waals surface area contributed by atoms with E-state index >= 15 is 0 Å². The third-order valence-corrected chi connectivity index (χ3v) is 1.88. The van der Waals surface area contributed by atoms with Crippen LogP contribution in [0.25, 0.3) is 0 Å². The Morgan fingerprint density at radius 2 is 2.00 bits per heavy atom. The topological polar surface area (TPSA) is 65.3 Å². The summed E-state index contributed by atoms with van der Waals surface area (Å²) >= 11 is 0. The first kappa shape index (κ1) is 14.1. The molecule has 0 N–H and O–H groups in total. The first-order chi connectivity index (χ1) is 8.18. The van der Waals surface area contributed by atoms with Gasteiger partial charge in [0.15, 0.2) is 11.4 Å². The lowest BCUT2D eigenvalue weighted by Gasteiger charge is -2.11. The van der Waals surface area contributed by atoms with E-state index in [9.17, 15) is 32.1 Å². The van der Waals surface area contributed by atoms with Crippen LogP contribution in [0.1, 0.15) is 17.8 Å². The molecular weight excluding hydrogens is 267 g/mol. The van der Waals surface area contributed by atoms with Crippen molar-refractivity contribution in [1.82, 2.24) is 4.98 Å². The number of nitrogens with zero attached hydrogens (tertiary/aromatic N) is 2. The Kier molecular flexibility index (Phi) is 3.67. The van der Waals surface area contributed by atoms with Crippen molar-refractivity contribution in [3.8, 4) is 5.75 Å². The molecule has 1 heterocycles. The fraction of sp³-hybridized carbons (Fsp3) is 0.375. The van der Waals surface area contributed by atoms with Gasteiger partial charge in [-0.3, -0.25) is 10.1 Å². The van der Waals surface area contributed by atoms with E-state index in [4.69, 9.17) is 0 Å². The van der Waals surface area contributed by atoms with Crippen LogP contribution in [0.15, 0.2) is 6.07 Å². The zero-order valence-corrected chi connectivity index (χ0v) is 8.66. The second-order valence-electron chi connectivity index (χ2n) is 3.00. The van der Waals surface area contributed by atoms with Crippen LogP contribution in [0.5, 0.6) is 5.75 Å². The molecule has 0 fully saturated rings. The lowest BCUT2D eigenvalue weighted by atomic mass is 10.2. The largest absolute Gasteiger partial charge is 0.489 e. The highest BCUT2D eigenvalue weighted by molar-refractivity contribution is 5.51. The van der Waals surface area contributed by atoms with Gasteiger partial charge in [0.25, 0.3) is 6.43 Å². The molecule has 0 aromatic carbocycles. The third-order valence-electron chi connectivity index (χ3n) is 1.88. The molecule has 18 heavy (non-hydrogen) atoms. The number of nitro groups is 1. The summed E-state index contributed by atoms with van der Waals surface area (Å²) < 4.78 is 66.3. The second kappa shape index (κ2) is 4.70. The first-order valence-electron chi connectivity index (χ1n) is 4.27. The molecule has 0 saturated carbocycles. The number of halogens is 5. The van der Waals surface area contributed by atoms with Crippen LogP contribution >= 0.6 is 0 Å². The van der Waals surface area contributed by atoms with Crippen molar-refractivity contribution in [2.45, 2.75) is 12.6 Å². The van der Waals surface area contributed by atoms with Crippen LogP contribution in [-0.4, -0.2) is 17.0 Å². The summed E-state index contributed by atoms with van der Waals surface area (Å²) in [5, 5.41) is 10.5. The lowest BCUT2D eigenvalue weighted by molar-refractivity contribution is -0.386. The number of hydrogen-bond acceptors (Lipinski definition) is 4. The quantitative estimate of drug-likeness (QED) is 0.482. The molecule has 0 amide bonds. The second-order valence-corrected chi connectivity index (χ2v) is 3.00. The monoisotopic (exact) mass is 272 g/mol. The molecule has 1 rings (SSSR count).